The van der Waals surface area contributed by atoms with Gasteiger partial charge in [-0.25, -0.2) is 0 Å². The number of hydrogen-bond acceptors (Lipinski definition) is 2. The lowest BCUT2D eigenvalue weighted by Crippen LogP contribution is -2.09. The summed E-state index contributed by atoms with van der Waals surface area (Å²) in [5.74, 6) is 0. The zero-order valence-corrected chi connectivity index (χ0v) is 12.1. The van der Waals surface area contributed by atoms with Gasteiger partial charge in [0, 0.05) is 25.0 Å². The number of aromatic nitrogens is 3. The van der Waals surface area contributed by atoms with E-state index in [-0.39, 0.29) is 6.04 Å². The zero-order chi connectivity index (χ0) is 13.8. The maximum Gasteiger partial charge on any atom is 0.0639 e. The van der Waals surface area contributed by atoms with Crippen LogP contribution in [0.2, 0.25) is 0 Å². The van der Waals surface area contributed by atoms with Crippen LogP contribution in [-0.2, 0) is 13.1 Å². The van der Waals surface area contributed by atoms with Gasteiger partial charge in [0.05, 0.1) is 17.9 Å². The van der Waals surface area contributed by atoms with Crippen LogP contribution >= 0.6 is 0 Å². The third kappa shape index (κ3) is 3.26. The van der Waals surface area contributed by atoms with Crippen LogP contribution in [0.3, 0.4) is 0 Å². The van der Waals surface area contributed by atoms with Crippen molar-refractivity contribution in [1.82, 2.24) is 14.3 Å². The molecule has 0 aliphatic carbocycles. The minimum absolute atomic E-state index is 0.157. The van der Waals surface area contributed by atoms with Crippen LogP contribution in [0.4, 0.5) is 0 Å². The lowest BCUT2D eigenvalue weighted by Gasteiger charge is -2.08. The van der Waals surface area contributed by atoms with Crippen molar-refractivity contribution in [2.75, 3.05) is 0 Å². The van der Waals surface area contributed by atoms with Crippen molar-refractivity contribution in [3.05, 3.63) is 41.5 Å². The topological polar surface area (TPSA) is 48.8 Å². The van der Waals surface area contributed by atoms with Gasteiger partial charge in [0.25, 0.3) is 0 Å². The van der Waals surface area contributed by atoms with E-state index in [9.17, 15) is 0 Å². The zero-order valence-electron chi connectivity index (χ0n) is 12.1. The highest BCUT2D eigenvalue weighted by Gasteiger charge is 2.08. The van der Waals surface area contributed by atoms with Crippen molar-refractivity contribution < 1.29 is 0 Å². The molecule has 0 radical (unpaired) electrons. The van der Waals surface area contributed by atoms with Gasteiger partial charge in [0.2, 0.25) is 0 Å². The molecule has 4 heteroatoms. The largest absolute Gasteiger partial charge is 0.348 e. The number of aryl methyl sites for hydroxylation is 2. The number of nitrogens with two attached hydrogens (primary N) is 1. The molecule has 2 aromatic heterocycles. The van der Waals surface area contributed by atoms with Crippen molar-refractivity contribution in [1.29, 1.82) is 0 Å². The van der Waals surface area contributed by atoms with Gasteiger partial charge < -0.3 is 10.3 Å². The van der Waals surface area contributed by atoms with E-state index in [1.165, 1.54) is 11.3 Å². The molecule has 1 atom stereocenters. The van der Waals surface area contributed by atoms with Crippen molar-refractivity contribution in [3.8, 4) is 0 Å². The van der Waals surface area contributed by atoms with Crippen LogP contribution in [0.25, 0.3) is 0 Å². The molecular formula is C15H24N4. The normalized spacial score (nSPS) is 12.8. The maximum absolute atomic E-state index is 6.14. The summed E-state index contributed by atoms with van der Waals surface area (Å²) in [5, 5.41) is 4.48. The minimum atomic E-state index is 0.157. The summed E-state index contributed by atoms with van der Waals surface area (Å²) >= 11 is 0. The quantitative estimate of drug-likeness (QED) is 0.868. The van der Waals surface area contributed by atoms with E-state index in [0.29, 0.717) is 0 Å². The van der Waals surface area contributed by atoms with E-state index >= 15 is 0 Å². The Morgan fingerprint density at radius 1 is 1.37 bits per heavy atom. The van der Waals surface area contributed by atoms with Crippen molar-refractivity contribution >= 4 is 0 Å². The molecule has 0 amide bonds. The summed E-state index contributed by atoms with van der Waals surface area (Å²) in [6.45, 7) is 8.09. The average Bonchev–Trinajstić information content (AvgIpc) is 2.97. The molecule has 0 saturated heterocycles. The van der Waals surface area contributed by atoms with Crippen LogP contribution < -0.4 is 5.73 Å². The third-order valence-electron chi connectivity index (χ3n) is 3.43. The lowest BCUT2D eigenvalue weighted by molar-refractivity contribution is 0.595. The first-order chi connectivity index (χ1) is 9.13. The first kappa shape index (κ1) is 13.9. The van der Waals surface area contributed by atoms with Crippen LogP contribution in [-0.4, -0.2) is 14.3 Å². The van der Waals surface area contributed by atoms with Gasteiger partial charge in [-0.15, -0.1) is 0 Å². The van der Waals surface area contributed by atoms with E-state index in [2.05, 4.69) is 52.7 Å². The Kier molecular flexibility index (Phi) is 4.43. The van der Waals surface area contributed by atoms with Crippen LogP contribution in [0.5, 0.6) is 0 Å². The molecule has 2 aromatic rings. The molecule has 0 aliphatic rings. The van der Waals surface area contributed by atoms with Gasteiger partial charge >= 0.3 is 0 Å². The summed E-state index contributed by atoms with van der Waals surface area (Å²) in [6.07, 6.45) is 6.42. The molecule has 19 heavy (non-hydrogen) atoms. The van der Waals surface area contributed by atoms with E-state index in [4.69, 9.17) is 5.73 Å². The molecule has 0 saturated carbocycles. The Hall–Kier alpha value is -1.55. The number of rotatable bonds is 6. The van der Waals surface area contributed by atoms with E-state index in [1.54, 1.807) is 0 Å². The highest BCUT2D eigenvalue weighted by molar-refractivity contribution is 5.17. The summed E-state index contributed by atoms with van der Waals surface area (Å²) in [6, 6.07) is 4.43. The summed E-state index contributed by atoms with van der Waals surface area (Å²) in [4.78, 5) is 0. The van der Waals surface area contributed by atoms with Gasteiger partial charge in [-0.05, 0) is 38.0 Å². The number of hydrogen-bond donors (Lipinski definition) is 1. The second-order valence-electron chi connectivity index (χ2n) is 5.11. The molecule has 0 fully saturated rings. The van der Waals surface area contributed by atoms with E-state index < -0.39 is 0 Å². The highest BCUT2D eigenvalue weighted by atomic mass is 15.3. The Morgan fingerprint density at radius 3 is 2.84 bits per heavy atom. The maximum atomic E-state index is 6.14. The average molecular weight is 260 g/mol. The van der Waals surface area contributed by atoms with Crippen molar-refractivity contribution in [3.63, 3.8) is 0 Å². The van der Waals surface area contributed by atoms with Gasteiger partial charge in [-0.1, -0.05) is 13.3 Å². The third-order valence-corrected chi connectivity index (χ3v) is 3.43. The standard InChI is InChI=1S/C15H24N4/c1-4-6-15(16)13-7-8-18(10-13)11-14-9-12(3)17-19(14)5-2/h7-10,15H,4-6,11,16H2,1-3H3. The molecule has 104 valence electrons. The van der Waals surface area contributed by atoms with Gasteiger partial charge in [-0.2, -0.15) is 5.10 Å². The summed E-state index contributed by atoms with van der Waals surface area (Å²) in [7, 11) is 0. The second kappa shape index (κ2) is 6.06. The molecular weight excluding hydrogens is 236 g/mol. The fourth-order valence-corrected chi connectivity index (χ4v) is 2.44. The van der Waals surface area contributed by atoms with Crippen molar-refractivity contribution in [2.24, 2.45) is 5.73 Å². The van der Waals surface area contributed by atoms with Crippen LogP contribution in [0.1, 0.15) is 49.7 Å². The molecule has 0 aromatic carbocycles. The molecule has 2 N–H and O–H groups in total. The molecule has 4 nitrogen and oxygen atoms in total. The van der Waals surface area contributed by atoms with Gasteiger partial charge in [0.1, 0.15) is 0 Å². The first-order valence-electron chi connectivity index (χ1n) is 7.08. The smallest absolute Gasteiger partial charge is 0.0639 e. The number of nitrogens with zero attached hydrogens (tertiary/aromatic N) is 3. The second-order valence-corrected chi connectivity index (χ2v) is 5.11. The molecule has 2 heterocycles. The van der Waals surface area contributed by atoms with Crippen LogP contribution in [0.15, 0.2) is 24.5 Å². The first-order valence-corrected chi connectivity index (χ1v) is 7.08. The van der Waals surface area contributed by atoms with Crippen molar-refractivity contribution in [2.45, 2.75) is 52.7 Å². The van der Waals surface area contributed by atoms with E-state index in [0.717, 1.165) is 31.6 Å². The Morgan fingerprint density at radius 2 is 2.16 bits per heavy atom. The highest BCUT2D eigenvalue weighted by Crippen LogP contribution is 2.17. The molecule has 0 spiro atoms. The Bertz CT molecular complexity index is 524. The molecule has 0 aliphatic heterocycles. The summed E-state index contributed by atoms with van der Waals surface area (Å²) < 4.78 is 4.24. The minimum Gasteiger partial charge on any atom is -0.348 e. The fourth-order valence-electron chi connectivity index (χ4n) is 2.44. The van der Waals surface area contributed by atoms with Crippen LogP contribution in [0, 0.1) is 6.92 Å². The molecule has 0 bridgehead atoms. The fraction of sp³-hybridized carbons (Fsp3) is 0.533. The summed E-state index contributed by atoms with van der Waals surface area (Å²) in [5.41, 5.74) is 9.68. The lowest BCUT2D eigenvalue weighted by atomic mass is 10.1. The SMILES string of the molecule is CCCC(N)c1ccn(Cc2cc(C)nn2CC)c1. The van der Waals surface area contributed by atoms with Gasteiger partial charge in [-0.3, -0.25) is 4.68 Å². The monoisotopic (exact) mass is 260 g/mol. The predicted molar refractivity (Wildman–Crippen MR) is 78.0 cm³/mol. The molecule has 1 unspecified atom stereocenters. The van der Waals surface area contributed by atoms with Gasteiger partial charge in [0.15, 0.2) is 0 Å². The Labute approximate surface area is 115 Å². The molecule has 2 rings (SSSR count). The van der Waals surface area contributed by atoms with E-state index in [1.807, 2.05) is 6.92 Å². The predicted octanol–water partition coefficient (Wildman–Crippen LogP) is 2.86. The Balaban J connectivity index is 2.11.